The van der Waals surface area contributed by atoms with Gasteiger partial charge >= 0.3 is 5.97 Å². The Morgan fingerprint density at radius 3 is 2.33 bits per heavy atom. The summed E-state index contributed by atoms with van der Waals surface area (Å²) in [7, 11) is 0. The number of carboxylic acids is 1. The number of anilines is 1. The molecule has 2 N–H and O–H groups in total. The van der Waals surface area contributed by atoms with E-state index in [2.05, 4.69) is 12.2 Å². The number of hydrogen-bond acceptors (Lipinski definition) is 3. The lowest BCUT2D eigenvalue weighted by Gasteiger charge is -2.21. The Hall–Kier alpha value is -2.14. The first-order valence-corrected chi connectivity index (χ1v) is 7.06. The number of carbonyl (C=O) groups excluding carboxylic acids is 1. The Balaban J connectivity index is 1.75. The number of hydrogen-bond donors (Lipinski definition) is 2. The van der Waals surface area contributed by atoms with Crippen LogP contribution in [-0.2, 0) is 20.7 Å². The maximum Gasteiger partial charge on any atom is 0.310 e. The molecule has 0 unspecified atom stereocenters. The first kappa shape index (κ1) is 13.8. The van der Waals surface area contributed by atoms with Crippen molar-refractivity contribution in [2.24, 2.45) is 11.8 Å². The number of ether oxygens (including phenoxy) is 1. The number of benzene rings is 1. The topological polar surface area (TPSA) is 75.6 Å². The smallest absolute Gasteiger partial charge is 0.310 e. The van der Waals surface area contributed by atoms with Crippen LogP contribution in [0.4, 0.5) is 5.69 Å². The van der Waals surface area contributed by atoms with E-state index in [-0.39, 0.29) is 5.91 Å². The number of nitrogens with one attached hydrogen (secondary N) is 1. The van der Waals surface area contributed by atoms with Crippen LogP contribution in [0, 0.1) is 11.8 Å². The number of aryl methyl sites for hydroxylation is 1. The molecule has 2 aliphatic rings. The van der Waals surface area contributed by atoms with Crippen LogP contribution in [0.3, 0.4) is 0 Å². The lowest BCUT2D eigenvalue weighted by molar-refractivity contribution is -0.145. The molecule has 5 heteroatoms. The van der Waals surface area contributed by atoms with Crippen LogP contribution in [0.1, 0.15) is 12.5 Å². The summed E-state index contributed by atoms with van der Waals surface area (Å²) in [6, 6.07) is 7.55. The first-order chi connectivity index (χ1) is 10.1. The molecular formula is C16H17NO4. The predicted octanol–water partition coefficient (Wildman–Crippen LogP) is 1.84. The predicted molar refractivity (Wildman–Crippen MR) is 76.9 cm³/mol. The molecule has 1 fully saturated rings. The third-order valence-electron chi connectivity index (χ3n) is 4.12. The van der Waals surface area contributed by atoms with Gasteiger partial charge < -0.3 is 15.2 Å². The quantitative estimate of drug-likeness (QED) is 0.829. The van der Waals surface area contributed by atoms with Crippen LogP contribution in [0.5, 0.6) is 0 Å². The lowest BCUT2D eigenvalue weighted by atomic mass is 9.82. The summed E-state index contributed by atoms with van der Waals surface area (Å²) in [6.07, 6.45) is 3.50. The van der Waals surface area contributed by atoms with E-state index in [0.717, 1.165) is 6.42 Å². The maximum atomic E-state index is 12.4. The summed E-state index contributed by atoms with van der Waals surface area (Å²) in [5, 5.41) is 12.1. The molecule has 2 bridgehead atoms. The highest BCUT2D eigenvalue weighted by Gasteiger charge is 2.53. The molecule has 0 spiro atoms. The standard InChI is InChI=1S/C16H17NO4/c1-2-9-3-5-10(6-4-9)17-15(18)13-11-7-8-12(21-11)14(13)16(19)20/h3-8,11-14H,2H2,1H3,(H,17,18)(H,19,20)/t11-,12-,13-,14+/m1/s1. The van der Waals surface area contributed by atoms with Gasteiger partial charge in [-0.1, -0.05) is 31.2 Å². The van der Waals surface area contributed by atoms with Crippen molar-refractivity contribution in [2.45, 2.75) is 25.6 Å². The van der Waals surface area contributed by atoms with Gasteiger partial charge in [-0.15, -0.1) is 0 Å². The number of rotatable bonds is 4. The summed E-state index contributed by atoms with van der Waals surface area (Å²) in [5.41, 5.74) is 1.86. The summed E-state index contributed by atoms with van der Waals surface area (Å²) in [5.74, 6) is -2.78. The average molecular weight is 287 g/mol. The van der Waals surface area contributed by atoms with Crippen LogP contribution >= 0.6 is 0 Å². The monoisotopic (exact) mass is 287 g/mol. The highest BCUT2D eigenvalue weighted by Crippen LogP contribution is 2.39. The molecule has 0 aromatic heterocycles. The molecule has 2 heterocycles. The van der Waals surface area contributed by atoms with Crippen LogP contribution < -0.4 is 5.32 Å². The zero-order valence-electron chi connectivity index (χ0n) is 11.7. The molecule has 4 atom stereocenters. The average Bonchev–Trinajstić information content (AvgIpc) is 3.08. The van der Waals surface area contributed by atoms with Gasteiger partial charge in [-0.05, 0) is 24.1 Å². The summed E-state index contributed by atoms with van der Waals surface area (Å²) in [4.78, 5) is 23.7. The van der Waals surface area contributed by atoms with Gasteiger partial charge in [0.05, 0.1) is 18.1 Å². The summed E-state index contributed by atoms with van der Waals surface area (Å²) >= 11 is 0. The van der Waals surface area contributed by atoms with Gasteiger partial charge in [-0.25, -0.2) is 0 Å². The van der Waals surface area contributed by atoms with E-state index in [1.165, 1.54) is 5.56 Å². The number of carboxylic acid groups (broad SMARTS) is 1. The fourth-order valence-electron chi connectivity index (χ4n) is 2.96. The highest BCUT2D eigenvalue weighted by molar-refractivity contribution is 5.96. The molecule has 2 aliphatic heterocycles. The maximum absolute atomic E-state index is 12.4. The molecular weight excluding hydrogens is 270 g/mol. The normalized spacial score (nSPS) is 29.6. The van der Waals surface area contributed by atoms with Crippen molar-refractivity contribution in [2.75, 3.05) is 5.32 Å². The van der Waals surface area contributed by atoms with E-state index in [1.54, 1.807) is 12.2 Å². The van der Waals surface area contributed by atoms with Crippen LogP contribution in [0.25, 0.3) is 0 Å². The van der Waals surface area contributed by atoms with Gasteiger partial charge in [0, 0.05) is 5.69 Å². The Morgan fingerprint density at radius 1 is 1.14 bits per heavy atom. The Labute approximate surface area is 122 Å². The van der Waals surface area contributed by atoms with Crippen molar-refractivity contribution >= 4 is 17.6 Å². The fourth-order valence-corrected chi connectivity index (χ4v) is 2.96. The van der Waals surface area contributed by atoms with Gasteiger partial charge in [0.1, 0.15) is 5.92 Å². The summed E-state index contributed by atoms with van der Waals surface area (Å²) < 4.78 is 5.50. The zero-order valence-corrected chi connectivity index (χ0v) is 11.7. The largest absolute Gasteiger partial charge is 0.481 e. The molecule has 1 aromatic rings. The van der Waals surface area contributed by atoms with Gasteiger partial charge in [-0.2, -0.15) is 0 Å². The zero-order chi connectivity index (χ0) is 15.0. The van der Waals surface area contributed by atoms with E-state index in [1.807, 2.05) is 24.3 Å². The van der Waals surface area contributed by atoms with Crippen molar-refractivity contribution < 1.29 is 19.4 Å². The first-order valence-electron chi connectivity index (χ1n) is 7.06. The lowest BCUT2D eigenvalue weighted by Crippen LogP contribution is -2.39. The fraction of sp³-hybridized carbons (Fsp3) is 0.375. The molecule has 1 amide bonds. The molecule has 0 saturated carbocycles. The molecule has 110 valence electrons. The van der Waals surface area contributed by atoms with E-state index >= 15 is 0 Å². The molecule has 21 heavy (non-hydrogen) atoms. The third kappa shape index (κ3) is 2.45. The second-order valence-corrected chi connectivity index (χ2v) is 5.38. The third-order valence-corrected chi connectivity index (χ3v) is 4.12. The minimum atomic E-state index is -0.992. The second-order valence-electron chi connectivity index (χ2n) is 5.38. The van der Waals surface area contributed by atoms with E-state index in [9.17, 15) is 14.7 Å². The van der Waals surface area contributed by atoms with Crippen molar-refractivity contribution in [3.63, 3.8) is 0 Å². The molecule has 0 aliphatic carbocycles. The molecule has 5 nitrogen and oxygen atoms in total. The molecule has 1 saturated heterocycles. The second kappa shape index (κ2) is 5.33. The Morgan fingerprint density at radius 2 is 1.76 bits per heavy atom. The van der Waals surface area contributed by atoms with Gasteiger partial charge in [0.25, 0.3) is 0 Å². The van der Waals surface area contributed by atoms with Gasteiger partial charge in [0.2, 0.25) is 5.91 Å². The van der Waals surface area contributed by atoms with Crippen molar-refractivity contribution in [3.8, 4) is 0 Å². The van der Waals surface area contributed by atoms with E-state index in [0.29, 0.717) is 5.69 Å². The van der Waals surface area contributed by atoms with Crippen LogP contribution in [0.15, 0.2) is 36.4 Å². The minimum absolute atomic E-state index is 0.302. The number of carbonyl (C=O) groups is 2. The molecule has 3 rings (SSSR count). The summed E-state index contributed by atoms with van der Waals surface area (Å²) in [6.45, 7) is 2.06. The minimum Gasteiger partial charge on any atom is -0.481 e. The van der Waals surface area contributed by atoms with Gasteiger partial charge in [0.15, 0.2) is 0 Å². The van der Waals surface area contributed by atoms with Gasteiger partial charge in [-0.3, -0.25) is 9.59 Å². The van der Waals surface area contributed by atoms with Crippen LogP contribution in [-0.4, -0.2) is 29.2 Å². The van der Waals surface area contributed by atoms with Crippen molar-refractivity contribution in [1.82, 2.24) is 0 Å². The number of fused-ring (bicyclic) bond motifs is 2. The molecule has 0 radical (unpaired) electrons. The van der Waals surface area contributed by atoms with Crippen molar-refractivity contribution in [3.05, 3.63) is 42.0 Å². The van der Waals surface area contributed by atoms with Crippen LogP contribution in [0.2, 0.25) is 0 Å². The highest BCUT2D eigenvalue weighted by atomic mass is 16.5. The Kier molecular flexibility index (Phi) is 3.51. The number of aliphatic carboxylic acids is 1. The SMILES string of the molecule is CCc1ccc(NC(=O)[C@H]2[C@@H](C(=O)O)[C@H]3C=C[C@H]2O3)cc1. The van der Waals surface area contributed by atoms with Crippen molar-refractivity contribution in [1.29, 1.82) is 0 Å². The van der Waals surface area contributed by atoms with E-state index < -0.39 is 30.0 Å². The van der Waals surface area contributed by atoms with E-state index in [4.69, 9.17) is 4.74 Å². The Bertz CT molecular complexity index is 593. The molecule has 1 aromatic carbocycles. The number of amides is 1.